The van der Waals surface area contributed by atoms with Crippen LogP contribution in [-0.4, -0.2) is 45.0 Å². The number of nitrogens with zero attached hydrogens (tertiary/aromatic N) is 4. The summed E-state index contributed by atoms with van der Waals surface area (Å²) in [5.74, 6) is 0.889. The van der Waals surface area contributed by atoms with Crippen molar-refractivity contribution in [2.45, 2.75) is 46.6 Å². The summed E-state index contributed by atoms with van der Waals surface area (Å²) in [4.78, 5) is 30.3. The maximum Gasteiger partial charge on any atom is 0.244 e. The van der Waals surface area contributed by atoms with Crippen molar-refractivity contribution in [3.63, 3.8) is 0 Å². The fraction of sp³-hybridized carbons (Fsp3) is 0.556. The number of fused-ring (bicyclic) bond motifs is 1. The summed E-state index contributed by atoms with van der Waals surface area (Å²) in [6.45, 7) is 10.0. The number of piperidine rings is 1. The second-order valence-corrected chi connectivity index (χ2v) is 7.65. The van der Waals surface area contributed by atoms with Gasteiger partial charge in [0.15, 0.2) is 11.5 Å². The number of hydrogen-bond donors (Lipinski definition) is 2. The number of hydrogen-bond acceptors (Lipinski definition) is 5. The van der Waals surface area contributed by atoms with E-state index in [-0.39, 0.29) is 17.4 Å². The largest absolute Gasteiger partial charge is 0.355 e. The third kappa shape index (κ3) is 3.97. The zero-order valence-corrected chi connectivity index (χ0v) is 15.3. The topological polar surface area (TPSA) is 86.8 Å². The fourth-order valence-electron chi connectivity index (χ4n) is 2.88. The van der Waals surface area contributed by atoms with Gasteiger partial charge < -0.3 is 15.2 Å². The van der Waals surface area contributed by atoms with Gasteiger partial charge in [-0.2, -0.15) is 0 Å². The Balaban J connectivity index is 1.59. The van der Waals surface area contributed by atoms with Crippen molar-refractivity contribution >= 4 is 22.9 Å². The van der Waals surface area contributed by atoms with Gasteiger partial charge in [0.05, 0.1) is 6.33 Å². The second kappa shape index (κ2) is 6.82. The minimum absolute atomic E-state index is 0.00358. The Morgan fingerprint density at radius 2 is 2.00 bits per heavy atom. The molecule has 0 unspecified atom stereocenters. The van der Waals surface area contributed by atoms with Crippen LogP contribution >= 0.6 is 0 Å². The highest BCUT2D eigenvalue weighted by Gasteiger charge is 2.23. The molecule has 3 rings (SSSR count). The average Bonchev–Trinajstić information content (AvgIpc) is 3.03. The molecule has 0 aliphatic carbocycles. The van der Waals surface area contributed by atoms with Crippen molar-refractivity contribution in [1.82, 2.24) is 25.3 Å². The lowest BCUT2D eigenvalue weighted by Gasteiger charge is -2.33. The fourth-order valence-corrected chi connectivity index (χ4v) is 2.88. The van der Waals surface area contributed by atoms with Crippen molar-refractivity contribution in [3.8, 4) is 0 Å². The Morgan fingerprint density at radius 3 is 2.68 bits per heavy atom. The Morgan fingerprint density at radius 1 is 1.28 bits per heavy atom. The number of aromatic nitrogens is 4. The molecule has 1 saturated heterocycles. The van der Waals surface area contributed by atoms with E-state index < -0.39 is 0 Å². The molecule has 0 radical (unpaired) electrons. The van der Waals surface area contributed by atoms with Gasteiger partial charge in [0.2, 0.25) is 5.91 Å². The standard InChI is InChI=1S/C18H26N6O/c1-12(18(2,3)4)9-14(25)23-13-5-7-24(8-6-13)17-15-16(20-10-19-15)21-11-22-17/h9-11,13H,5-8H2,1-4H3,(H,23,25)(H,19,20,21,22)/b12-9-. The molecular formula is C18H26N6O. The van der Waals surface area contributed by atoms with E-state index in [1.54, 1.807) is 18.7 Å². The zero-order chi connectivity index (χ0) is 18.0. The lowest BCUT2D eigenvalue weighted by molar-refractivity contribution is -0.117. The predicted molar refractivity (Wildman–Crippen MR) is 98.3 cm³/mol. The number of imidazole rings is 1. The van der Waals surface area contributed by atoms with E-state index in [2.05, 4.69) is 50.9 Å². The molecule has 3 heterocycles. The first-order valence-electron chi connectivity index (χ1n) is 8.73. The SMILES string of the molecule is C/C(=C/C(=O)NC1CCN(c2ncnc3nc[nH]c23)CC1)C(C)(C)C. The summed E-state index contributed by atoms with van der Waals surface area (Å²) in [6.07, 6.45) is 6.71. The van der Waals surface area contributed by atoms with Gasteiger partial charge in [-0.05, 0) is 25.2 Å². The van der Waals surface area contributed by atoms with Crippen molar-refractivity contribution in [3.05, 3.63) is 24.3 Å². The molecule has 1 amide bonds. The quantitative estimate of drug-likeness (QED) is 0.837. The molecule has 0 atom stereocenters. The summed E-state index contributed by atoms with van der Waals surface area (Å²) in [5.41, 5.74) is 2.66. The van der Waals surface area contributed by atoms with E-state index in [0.29, 0.717) is 5.65 Å². The van der Waals surface area contributed by atoms with Crippen LogP contribution < -0.4 is 10.2 Å². The van der Waals surface area contributed by atoms with Crippen LogP contribution in [0.4, 0.5) is 5.82 Å². The van der Waals surface area contributed by atoms with Crippen LogP contribution in [0.1, 0.15) is 40.5 Å². The lowest BCUT2D eigenvalue weighted by atomic mass is 9.87. The highest BCUT2D eigenvalue weighted by Crippen LogP contribution is 2.25. The summed E-state index contributed by atoms with van der Waals surface area (Å²) >= 11 is 0. The van der Waals surface area contributed by atoms with Gasteiger partial charge in [-0.25, -0.2) is 15.0 Å². The molecule has 1 fully saturated rings. The van der Waals surface area contributed by atoms with Crippen LogP contribution in [0.25, 0.3) is 11.2 Å². The van der Waals surface area contributed by atoms with Gasteiger partial charge >= 0.3 is 0 Å². The molecule has 2 N–H and O–H groups in total. The van der Waals surface area contributed by atoms with Crippen LogP contribution in [0, 0.1) is 5.41 Å². The van der Waals surface area contributed by atoms with Crippen molar-refractivity contribution in [2.24, 2.45) is 5.41 Å². The number of carbonyl (C=O) groups is 1. The number of anilines is 1. The number of rotatable bonds is 3. The van der Waals surface area contributed by atoms with Crippen molar-refractivity contribution < 1.29 is 4.79 Å². The molecule has 134 valence electrons. The third-order valence-electron chi connectivity index (χ3n) is 4.87. The number of H-pyrrole nitrogens is 1. The smallest absolute Gasteiger partial charge is 0.244 e. The molecule has 25 heavy (non-hydrogen) atoms. The van der Waals surface area contributed by atoms with E-state index in [0.717, 1.165) is 42.8 Å². The molecule has 0 spiro atoms. The van der Waals surface area contributed by atoms with Gasteiger partial charge in [0.25, 0.3) is 0 Å². The van der Waals surface area contributed by atoms with E-state index in [4.69, 9.17) is 0 Å². The van der Waals surface area contributed by atoms with Gasteiger partial charge in [0.1, 0.15) is 11.8 Å². The molecule has 0 bridgehead atoms. The number of aromatic amines is 1. The Hall–Kier alpha value is -2.44. The van der Waals surface area contributed by atoms with E-state index in [1.807, 2.05) is 6.92 Å². The lowest BCUT2D eigenvalue weighted by Crippen LogP contribution is -2.44. The second-order valence-electron chi connectivity index (χ2n) is 7.65. The molecule has 0 aromatic carbocycles. The van der Waals surface area contributed by atoms with Crippen LogP contribution in [0.3, 0.4) is 0 Å². The van der Waals surface area contributed by atoms with Crippen LogP contribution in [-0.2, 0) is 4.79 Å². The minimum atomic E-state index is 0.00358. The Kier molecular flexibility index (Phi) is 4.74. The van der Waals surface area contributed by atoms with E-state index in [9.17, 15) is 4.79 Å². The van der Waals surface area contributed by atoms with Gasteiger partial charge in [-0.15, -0.1) is 0 Å². The Labute approximate surface area is 148 Å². The van der Waals surface area contributed by atoms with E-state index in [1.165, 1.54) is 0 Å². The van der Waals surface area contributed by atoms with Crippen LogP contribution in [0.15, 0.2) is 24.3 Å². The molecule has 7 nitrogen and oxygen atoms in total. The molecule has 0 saturated carbocycles. The van der Waals surface area contributed by atoms with Crippen molar-refractivity contribution in [1.29, 1.82) is 0 Å². The normalized spacial score (nSPS) is 17.1. The monoisotopic (exact) mass is 342 g/mol. The maximum absolute atomic E-state index is 12.2. The van der Waals surface area contributed by atoms with Gasteiger partial charge in [-0.3, -0.25) is 4.79 Å². The highest BCUT2D eigenvalue weighted by atomic mass is 16.1. The van der Waals surface area contributed by atoms with Gasteiger partial charge in [-0.1, -0.05) is 26.3 Å². The summed E-state index contributed by atoms with van der Waals surface area (Å²) < 4.78 is 0. The first-order chi connectivity index (χ1) is 11.8. The molecular weight excluding hydrogens is 316 g/mol. The first kappa shape index (κ1) is 17.4. The predicted octanol–water partition coefficient (Wildman–Crippen LogP) is 2.43. The minimum Gasteiger partial charge on any atom is -0.355 e. The van der Waals surface area contributed by atoms with Gasteiger partial charge in [0, 0.05) is 25.2 Å². The number of amides is 1. The summed E-state index contributed by atoms with van der Waals surface area (Å²) in [7, 11) is 0. The highest BCUT2D eigenvalue weighted by molar-refractivity contribution is 5.88. The average molecular weight is 342 g/mol. The van der Waals surface area contributed by atoms with E-state index >= 15 is 0 Å². The number of allylic oxidation sites excluding steroid dienone is 1. The third-order valence-corrected chi connectivity index (χ3v) is 4.87. The molecule has 2 aromatic rings. The molecule has 2 aromatic heterocycles. The Bertz CT molecular complexity index is 780. The maximum atomic E-state index is 12.2. The summed E-state index contributed by atoms with van der Waals surface area (Å²) in [5, 5.41) is 3.13. The van der Waals surface area contributed by atoms with Crippen LogP contribution in [0.2, 0.25) is 0 Å². The first-order valence-corrected chi connectivity index (χ1v) is 8.73. The molecule has 7 heteroatoms. The molecule has 1 aliphatic heterocycles. The number of nitrogens with one attached hydrogen (secondary N) is 2. The summed E-state index contributed by atoms with van der Waals surface area (Å²) in [6, 6.07) is 0.201. The zero-order valence-electron chi connectivity index (χ0n) is 15.3. The van der Waals surface area contributed by atoms with Crippen LogP contribution in [0.5, 0.6) is 0 Å². The number of carbonyl (C=O) groups excluding carboxylic acids is 1. The molecule has 1 aliphatic rings. The van der Waals surface area contributed by atoms with Crippen molar-refractivity contribution in [2.75, 3.05) is 18.0 Å².